The zero-order chi connectivity index (χ0) is 17.1. The molecule has 1 heteroatoms. The maximum Gasteiger partial charge on any atom is 0.0382 e. The van der Waals surface area contributed by atoms with E-state index in [0.717, 1.165) is 12.1 Å². The van der Waals surface area contributed by atoms with Crippen LogP contribution >= 0.6 is 0 Å². The van der Waals surface area contributed by atoms with Crippen molar-refractivity contribution in [1.82, 2.24) is 0 Å². The molecular formula is C22H39N. The van der Waals surface area contributed by atoms with Crippen LogP contribution in [0.2, 0.25) is 0 Å². The van der Waals surface area contributed by atoms with Crippen molar-refractivity contribution in [1.29, 1.82) is 0 Å². The van der Waals surface area contributed by atoms with Crippen LogP contribution in [0.15, 0.2) is 6.07 Å². The Bertz CT molecular complexity index is 448. The Morgan fingerprint density at radius 1 is 0.609 bits per heavy atom. The third-order valence-electron chi connectivity index (χ3n) is 4.93. The quantitative estimate of drug-likeness (QED) is 0.430. The Morgan fingerprint density at radius 3 is 1.57 bits per heavy atom. The Balaban J connectivity index is 3.24. The van der Waals surface area contributed by atoms with E-state index in [1.807, 2.05) is 0 Å². The van der Waals surface area contributed by atoms with E-state index in [0.29, 0.717) is 0 Å². The number of rotatable bonds is 12. The lowest BCUT2D eigenvalue weighted by Gasteiger charge is -2.21. The Morgan fingerprint density at radius 2 is 1.04 bits per heavy atom. The van der Waals surface area contributed by atoms with Crippen molar-refractivity contribution in [2.45, 2.75) is 105 Å². The fourth-order valence-electron chi connectivity index (χ4n) is 3.39. The first-order chi connectivity index (χ1) is 11.2. The van der Waals surface area contributed by atoms with E-state index in [9.17, 15) is 0 Å². The van der Waals surface area contributed by atoms with Gasteiger partial charge in [0.1, 0.15) is 0 Å². The number of hydrogen-bond donors (Lipinski definition) is 1. The SMILES string of the molecule is CCCCc1cc(CCCC)c(CCCC)c(CCCC)c1N. The zero-order valence-corrected chi connectivity index (χ0v) is 16.1. The first-order valence-electron chi connectivity index (χ1n) is 10.1. The van der Waals surface area contributed by atoms with Crippen molar-refractivity contribution in [2.75, 3.05) is 5.73 Å². The molecule has 0 atom stereocenters. The monoisotopic (exact) mass is 317 g/mol. The summed E-state index contributed by atoms with van der Waals surface area (Å²) < 4.78 is 0. The second-order valence-corrected chi connectivity index (χ2v) is 6.98. The van der Waals surface area contributed by atoms with Gasteiger partial charge in [0.25, 0.3) is 0 Å². The molecule has 0 fully saturated rings. The van der Waals surface area contributed by atoms with Crippen LogP contribution in [-0.4, -0.2) is 0 Å². The van der Waals surface area contributed by atoms with Crippen molar-refractivity contribution in [3.8, 4) is 0 Å². The predicted molar refractivity (Wildman–Crippen MR) is 105 cm³/mol. The Kier molecular flexibility index (Phi) is 10.1. The van der Waals surface area contributed by atoms with E-state index in [-0.39, 0.29) is 0 Å². The van der Waals surface area contributed by atoms with Crippen molar-refractivity contribution in [3.05, 3.63) is 28.3 Å². The molecule has 0 aliphatic rings. The summed E-state index contributed by atoms with van der Waals surface area (Å²) in [5.41, 5.74) is 13.9. The number of aryl methyl sites for hydroxylation is 2. The number of hydrogen-bond acceptors (Lipinski definition) is 1. The molecule has 0 saturated carbocycles. The normalized spacial score (nSPS) is 11.1. The molecule has 1 aromatic carbocycles. The van der Waals surface area contributed by atoms with Gasteiger partial charge in [0.15, 0.2) is 0 Å². The summed E-state index contributed by atoms with van der Waals surface area (Å²) in [7, 11) is 0. The second-order valence-electron chi connectivity index (χ2n) is 6.98. The van der Waals surface area contributed by atoms with Gasteiger partial charge >= 0.3 is 0 Å². The summed E-state index contributed by atoms with van der Waals surface area (Å²) in [4.78, 5) is 0. The third-order valence-corrected chi connectivity index (χ3v) is 4.93. The lowest BCUT2D eigenvalue weighted by molar-refractivity contribution is 0.730. The van der Waals surface area contributed by atoms with Crippen LogP contribution in [0.5, 0.6) is 0 Å². The molecule has 0 radical (unpaired) electrons. The summed E-state index contributed by atoms with van der Waals surface area (Å²) in [5.74, 6) is 0. The fraction of sp³-hybridized carbons (Fsp3) is 0.727. The van der Waals surface area contributed by atoms with Gasteiger partial charge in [-0.25, -0.2) is 0 Å². The van der Waals surface area contributed by atoms with Crippen LogP contribution in [0.1, 0.15) is 101 Å². The maximum absolute atomic E-state index is 6.63. The minimum absolute atomic E-state index is 1.12. The molecule has 2 N–H and O–H groups in total. The van der Waals surface area contributed by atoms with Gasteiger partial charge in [-0.05, 0) is 73.6 Å². The van der Waals surface area contributed by atoms with Crippen LogP contribution in [0.25, 0.3) is 0 Å². The van der Waals surface area contributed by atoms with Crippen LogP contribution in [0.4, 0.5) is 5.69 Å². The summed E-state index contributed by atoms with van der Waals surface area (Å²) in [6.45, 7) is 9.12. The molecule has 1 rings (SSSR count). The maximum atomic E-state index is 6.63. The highest BCUT2D eigenvalue weighted by Crippen LogP contribution is 2.31. The van der Waals surface area contributed by atoms with E-state index in [4.69, 9.17) is 5.73 Å². The summed E-state index contributed by atoms with van der Waals surface area (Å²) in [6, 6.07) is 2.46. The number of unbranched alkanes of at least 4 members (excludes halogenated alkanes) is 4. The molecule has 0 saturated heterocycles. The van der Waals surface area contributed by atoms with Crippen LogP contribution in [0, 0.1) is 0 Å². The van der Waals surface area contributed by atoms with Crippen molar-refractivity contribution in [3.63, 3.8) is 0 Å². The zero-order valence-electron chi connectivity index (χ0n) is 16.1. The van der Waals surface area contributed by atoms with Gasteiger partial charge in [-0.1, -0.05) is 59.4 Å². The third kappa shape index (κ3) is 6.20. The molecule has 0 unspecified atom stereocenters. The molecule has 0 amide bonds. The van der Waals surface area contributed by atoms with Gasteiger partial charge in [0, 0.05) is 5.69 Å². The van der Waals surface area contributed by atoms with E-state index in [1.54, 1.807) is 11.1 Å². The predicted octanol–water partition coefficient (Wildman–Crippen LogP) is 6.64. The van der Waals surface area contributed by atoms with Crippen molar-refractivity contribution in [2.24, 2.45) is 0 Å². The minimum atomic E-state index is 1.12. The topological polar surface area (TPSA) is 26.0 Å². The van der Waals surface area contributed by atoms with Crippen LogP contribution in [-0.2, 0) is 25.7 Å². The number of nitrogen functional groups attached to an aromatic ring is 1. The highest BCUT2D eigenvalue weighted by molar-refractivity contribution is 5.60. The van der Waals surface area contributed by atoms with Crippen molar-refractivity contribution < 1.29 is 0 Å². The minimum Gasteiger partial charge on any atom is -0.398 e. The van der Waals surface area contributed by atoms with Gasteiger partial charge in [-0.3, -0.25) is 0 Å². The smallest absolute Gasteiger partial charge is 0.0382 e. The molecule has 0 bridgehead atoms. The molecule has 0 aromatic heterocycles. The second kappa shape index (κ2) is 11.5. The molecule has 132 valence electrons. The highest BCUT2D eigenvalue weighted by Gasteiger charge is 2.15. The first kappa shape index (κ1) is 20.1. The molecule has 0 spiro atoms. The van der Waals surface area contributed by atoms with Crippen LogP contribution < -0.4 is 5.73 Å². The average Bonchev–Trinajstić information content (AvgIpc) is 2.56. The summed E-state index contributed by atoms with van der Waals surface area (Å²) in [5, 5.41) is 0. The molecular weight excluding hydrogens is 278 g/mol. The van der Waals surface area contributed by atoms with Gasteiger partial charge in [-0.15, -0.1) is 0 Å². The molecule has 0 aliphatic carbocycles. The number of nitrogens with two attached hydrogens (primary N) is 1. The van der Waals surface area contributed by atoms with E-state index in [2.05, 4.69) is 33.8 Å². The summed E-state index contributed by atoms with van der Waals surface area (Å²) >= 11 is 0. The van der Waals surface area contributed by atoms with Gasteiger partial charge in [0.2, 0.25) is 0 Å². The van der Waals surface area contributed by atoms with Crippen molar-refractivity contribution >= 4 is 5.69 Å². The largest absolute Gasteiger partial charge is 0.398 e. The number of anilines is 1. The van der Waals surface area contributed by atoms with Gasteiger partial charge < -0.3 is 5.73 Å². The number of benzene rings is 1. The lowest BCUT2D eigenvalue weighted by atomic mass is 9.86. The van der Waals surface area contributed by atoms with E-state index >= 15 is 0 Å². The van der Waals surface area contributed by atoms with E-state index in [1.165, 1.54) is 81.8 Å². The van der Waals surface area contributed by atoms with Crippen LogP contribution in [0.3, 0.4) is 0 Å². The molecule has 23 heavy (non-hydrogen) atoms. The molecule has 0 aliphatic heterocycles. The Labute approximate surface area is 145 Å². The molecule has 1 aromatic rings. The molecule has 0 heterocycles. The van der Waals surface area contributed by atoms with E-state index < -0.39 is 0 Å². The summed E-state index contributed by atoms with van der Waals surface area (Å²) in [6.07, 6.45) is 14.9. The lowest BCUT2D eigenvalue weighted by Crippen LogP contribution is -2.09. The average molecular weight is 318 g/mol. The fourth-order valence-corrected chi connectivity index (χ4v) is 3.39. The Hall–Kier alpha value is -0.980. The standard InChI is InChI=1S/C22H39N/c1-5-9-13-18-17-19(14-10-6-2)22(23)21(16-12-8-4)20(18)15-11-7-3/h17H,5-16,23H2,1-4H3. The first-order valence-corrected chi connectivity index (χ1v) is 10.1. The highest BCUT2D eigenvalue weighted by atomic mass is 14.6. The van der Waals surface area contributed by atoms with Gasteiger partial charge in [0.05, 0.1) is 0 Å². The van der Waals surface area contributed by atoms with Gasteiger partial charge in [-0.2, -0.15) is 0 Å². The molecule has 1 nitrogen and oxygen atoms in total.